The van der Waals surface area contributed by atoms with Crippen LogP contribution in [-0.4, -0.2) is 66.0 Å². The van der Waals surface area contributed by atoms with E-state index in [1.54, 1.807) is 7.11 Å². The Bertz CT molecular complexity index is 1470. The molecule has 0 aliphatic carbocycles. The van der Waals surface area contributed by atoms with Gasteiger partial charge in [0.15, 0.2) is 0 Å². The van der Waals surface area contributed by atoms with E-state index in [-0.39, 0.29) is 5.91 Å². The number of aromatic nitrogens is 1. The Hall–Kier alpha value is -3.48. The highest BCUT2D eigenvalue weighted by molar-refractivity contribution is 6.17. The molecule has 0 bridgehead atoms. The van der Waals surface area contributed by atoms with E-state index < -0.39 is 0 Å². The van der Waals surface area contributed by atoms with Crippen LogP contribution in [0.25, 0.3) is 10.9 Å². The molecule has 40 heavy (non-hydrogen) atoms. The Morgan fingerprint density at radius 2 is 1.62 bits per heavy atom. The molecule has 3 aromatic carbocycles. The van der Waals surface area contributed by atoms with Crippen LogP contribution in [0, 0.1) is 13.8 Å². The zero-order valence-electron chi connectivity index (χ0n) is 23.7. The first-order valence-electron chi connectivity index (χ1n) is 14.0. The van der Waals surface area contributed by atoms with Crippen molar-refractivity contribution in [2.45, 2.75) is 33.2 Å². The van der Waals surface area contributed by atoms with Gasteiger partial charge in [0.1, 0.15) is 17.2 Å². The summed E-state index contributed by atoms with van der Waals surface area (Å²) in [5.74, 6) is 3.02. The van der Waals surface area contributed by atoms with E-state index in [0.29, 0.717) is 17.2 Å². The van der Waals surface area contributed by atoms with Crippen LogP contribution in [0.4, 0.5) is 0 Å². The monoisotopic (exact) mass is 559 g/mol. The number of rotatable bonds is 10. The number of alkyl halides is 1. The lowest BCUT2D eigenvalue weighted by Crippen LogP contribution is -2.49. The molecule has 5 rings (SSSR count). The van der Waals surface area contributed by atoms with Gasteiger partial charge in [-0.25, -0.2) is 0 Å². The fourth-order valence-corrected chi connectivity index (χ4v) is 5.62. The smallest absolute Gasteiger partial charge is 0.254 e. The highest BCUT2D eigenvalue weighted by atomic mass is 35.5. The Labute approximate surface area is 242 Å². The van der Waals surface area contributed by atoms with E-state index in [1.807, 2.05) is 47.4 Å². The summed E-state index contributed by atoms with van der Waals surface area (Å²) in [6, 6.07) is 22.0. The zero-order valence-corrected chi connectivity index (χ0v) is 24.4. The number of hydrogen-bond acceptors (Lipinski definition) is 4. The Morgan fingerprint density at radius 1 is 0.875 bits per heavy atom. The Balaban J connectivity index is 1.19. The molecule has 2 heterocycles. The summed E-state index contributed by atoms with van der Waals surface area (Å²) in [5.41, 5.74) is 5.62. The molecule has 0 unspecified atom stereocenters. The highest BCUT2D eigenvalue weighted by Gasteiger charge is 2.22. The van der Waals surface area contributed by atoms with E-state index in [4.69, 9.17) is 21.1 Å². The quantitative estimate of drug-likeness (QED) is 0.203. The van der Waals surface area contributed by atoms with E-state index >= 15 is 0 Å². The Morgan fingerprint density at radius 3 is 2.40 bits per heavy atom. The molecule has 7 heteroatoms. The number of aryl methyl sites for hydroxylation is 2. The average Bonchev–Trinajstić information content (AvgIpc) is 3.23. The number of methoxy groups -OCH3 is 1. The molecule has 1 fully saturated rings. The second-order valence-electron chi connectivity index (χ2n) is 10.4. The van der Waals surface area contributed by atoms with Gasteiger partial charge in [0.05, 0.1) is 7.11 Å². The molecular formula is C33H38ClN3O3. The lowest BCUT2D eigenvalue weighted by Gasteiger charge is -2.34. The maximum atomic E-state index is 13.3. The minimum Gasteiger partial charge on any atom is -0.497 e. The molecule has 0 N–H and O–H groups in total. The van der Waals surface area contributed by atoms with Crippen molar-refractivity contribution in [3.05, 3.63) is 89.1 Å². The minimum absolute atomic E-state index is 0.0520. The van der Waals surface area contributed by atoms with Crippen molar-refractivity contribution in [3.63, 3.8) is 0 Å². The maximum Gasteiger partial charge on any atom is 0.254 e. The lowest BCUT2D eigenvalue weighted by atomic mass is 10.1. The molecule has 0 saturated carbocycles. The maximum absolute atomic E-state index is 13.3. The summed E-state index contributed by atoms with van der Waals surface area (Å²) < 4.78 is 13.9. The average molecular weight is 560 g/mol. The van der Waals surface area contributed by atoms with Crippen molar-refractivity contribution in [1.29, 1.82) is 0 Å². The van der Waals surface area contributed by atoms with Crippen molar-refractivity contribution in [2.24, 2.45) is 0 Å². The van der Waals surface area contributed by atoms with Crippen molar-refractivity contribution in [1.82, 2.24) is 14.4 Å². The van der Waals surface area contributed by atoms with Crippen molar-refractivity contribution < 1.29 is 14.3 Å². The third kappa shape index (κ3) is 6.29. The first-order chi connectivity index (χ1) is 19.5. The van der Waals surface area contributed by atoms with Gasteiger partial charge in [-0.05, 0) is 86.3 Å². The largest absolute Gasteiger partial charge is 0.497 e. The zero-order chi connectivity index (χ0) is 28.1. The molecule has 1 aliphatic rings. The molecule has 6 nitrogen and oxygen atoms in total. The first-order valence-corrected chi connectivity index (χ1v) is 14.6. The first kappa shape index (κ1) is 28.1. The van der Waals surface area contributed by atoms with Gasteiger partial charge < -0.3 is 18.9 Å². The van der Waals surface area contributed by atoms with Gasteiger partial charge in [0.25, 0.3) is 5.91 Å². The lowest BCUT2D eigenvalue weighted by molar-refractivity contribution is 0.0638. The number of ether oxygens (including phenoxy) is 2. The van der Waals surface area contributed by atoms with Crippen molar-refractivity contribution in [3.8, 4) is 17.2 Å². The molecule has 1 amide bonds. The van der Waals surface area contributed by atoms with Gasteiger partial charge in [0, 0.05) is 67.3 Å². The van der Waals surface area contributed by atoms with Crippen LogP contribution in [0.1, 0.15) is 33.6 Å². The summed E-state index contributed by atoms with van der Waals surface area (Å²) in [6.07, 6.45) is 1.90. The SMILES string of the molecule is COc1cccc(CCN2CCN(C(=O)c3cccc(Oc4ccc5c(c4)c(C)c(C)n5CCCCl)c3)CC2)c1. The van der Waals surface area contributed by atoms with E-state index in [0.717, 1.165) is 63.6 Å². The second kappa shape index (κ2) is 12.8. The predicted octanol–water partition coefficient (Wildman–Crippen LogP) is 6.69. The standard InChI is InChI=1S/C33H38ClN3O3/c1-24-25(2)37(15-6-14-34)32-12-11-30(23-31(24)32)40-29-10-5-8-27(22-29)33(38)36-19-17-35(18-20-36)16-13-26-7-4-9-28(21-26)39-3/h4-5,7-12,21-23H,6,13-20H2,1-3H3. The molecule has 1 saturated heterocycles. The van der Waals surface area contributed by atoms with Gasteiger partial charge in [-0.3, -0.25) is 9.69 Å². The molecule has 0 radical (unpaired) electrons. The number of carbonyl (C=O) groups is 1. The number of carbonyl (C=O) groups excluding carboxylic acids is 1. The molecular weight excluding hydrogens is 522 g/mol. The highest BCUT2D eigenvalue weighted by Crippen LogP contribution is 2.31. The van der Waals surface area contributed by atoms with Crippen molar-refractivity contribution in [2.75, 3.05) is 45.7 Å². The molecule has 4 aromatic rings. The van der Waals surface area contributed by atoms with Gasteiger partial charge in [-0.15, -0.1) is 11.6 Å². The minimum atomic E-state index is 0.0520. The number of benzene rings is 3. The van der Waals surface area contributed by atoms with Crippen LogP contribution in [0.5, 0.6) is 17.2 Å². The predicted molar refractivity (Wildman–Crippen MR) is 162 cm³/mol. The normalized spacial score (nSPS) is 14.1. The molecule has 1 aliphatic heterocycles. The summed E-state index contributed by atoms with van der Waals surface area (Å²) in [7, 11) is 1.70. The number of nitrogens with zero attached hydrogens (tertiary/aromatic N) is 3. The fraction of sp³-hybridized carbons (Fsp3) is 0.364. The number of piperazine rings is 1. The van der Waals surface area contributed by atoms with Crippen LogP contribution in [0.15, 0.2) is 66.7 Å². The molecule has 210 valence electrons. The molecule has 1 aromatic heterocycles. The number of fused-ring (bicyclic) bond motifs is 1. The summed E-state index contributed by atoms with van der Waals surface area (Å²) in [4.78, 5) is 17.7. The van der Waals surface area contributed by atoms with Gasteiger partial charge >= 0.3 is 0 Å². The third-order valence-corrected chi connectivity index (χ3v) is 8.22. The summed E-state index contributed by atoms with van der Waals surface area (Å²) in [6.45, 7) is 9.36. The van der Waals surface area contributed by atoms with Crippen LogP contribution in [-0.2, 0) is 13.0 Å². The van der Waals surface area contributed by atoms with E-state index in [2.05, 4.69) is 47.6 Å². The van der Waals surface area contributed by atoms with Crippen LogP contribution in [0.2, 0.25) is 0 Å². The topological polar surface area (TPSA) is 46.9 Å². The van der Waals surface area contributed by atoms with E-state index in [9.17, 15) is 4.79 Å². The molecule has 0 spiro atoms. The van der Waals surface area contributed by atoms with E-state index in [1.165, 1.54) is 27.7 Å². The fourth-order valence-electron chi connectivity index (χ4n) is 5.50. The van der Waals surface area contributed by atoms with Gasteiger partial charge in [0.2, 0.25) is 0 Å². The summed E-state index contributed by atoms with van der Waals surface area (Å²) in [5, 5.41) is 1.18. The second-order valence-corrected chi connectivity index (χ2v) is 10.8. The summed E-state index contributed by atoms with van der Waals surface area (Å²) >= 11 is 5.94. The van der Waals surface area contributed by atoms with Crippen LogP contribution in [0.3, 0.4) is 0 Å². The molecule has 0 atom stereocenters. The van der Waals surface area contributed by atoms with Crippen molar-refractivity contribution >= 4 is 28.4 Å². The Kier molecular flexibility index (Phi) is 8.98. The van der Waals surface area contributed by atoms with Gasteiger partial charge in [-0.2, -0.15) is 0 Å². The number of hydrogen-bond donors (Lipinski definition) is 0. The third-order valence-electron chi connectivity index (χ3n) is 7.95. The van der Waals surface area contributed by atoms with Crippen LogP contribution >= 0.6 is 11.6 Å². The van der Waals surface area contributed by atoms with Gasteiger partial charge in [-0.1, -0.05) is 18.2 Å². The van der Waals surface area contributed by atoms with Crippen LogP contribution < -0.4 is 9.47 Å². The number of amides is 1. The number of halogens is 1.